The first-order valence-electron chi connectivity index (χ1n) is 4.33. The molecule has 0 aliphatic rings. The molecule has 0 spiro atoms. The summed E-state index contributed by atoms with van der Waals surface area (Å²) in [6, 6.07) is 2.34. The molecule has 0 amide bonds. The second kappa shape index (κ2) is 5.54. The Labute approximate surface area is 108 Å². The highest BCUT2D eigenvalue weighted by Gasteiger charge is 2.22. The largest absolute Gasteiger partial charge is 0.460 e. The van der Waals surface area contributed by atoms with Gasteiger partial charge in [-0.05, 0) is 50.9 Å². The van der Waals surface area contributed by atoms with Crippen LogP contribution in [0.1, 0.15) is 17.3 Å². The van der Waals surface area contributed by atoms with E-state index < -0.39 is 17.6 Å². The van der Waals surface area contributed by atoms with Gasteiger partial charge in [-0.3, -0.25) is 4.79 Å². The third-order valence-corrected chi connectivity index (χ3v) is 3.56. The van der Waals surface area contributed by atoms with Crippen LogP contribution in [0.2, 0.25) is 0 Å². The van der Waals surface area contributed by atoms with Crippen LogP contribution in [-0.4, -0.2) is 18.4 Å². The van der Waals surface area contributed by atoms with Crippen LogP contribution < -0.4 is 0 Å². The summed E-state index contributed by atoms with van der Waals surface area (Å²) in [5, 5.41) is 0. The Morgan fingerprint density at radius 3 is 2.44 bits per heavy atom. The number of rotatable bonds is 3. The molecular weight excluding hydrogens is 347 g/mol. The van der Waals surface area contributed by atoms with Gasteiger partial charge in [0, 0.05) is 8.95 Å². The fraction of sp³-hybridized carbons (Fsp3) is 0.200. The molecule has 1 aromatic rings. The number of esters is 1. The van der Waals surface area contributed by atoms with Gasteiger partial charge in [-0.15, -0.1) is 0 Å². The van der Waals surface area contributed by atoms with Crippen molar-refractivity contribution in [3.05, 3.63) is 32.5 Å². The van der Waals surface area contributed by atoms with Gasteiger partial charge < -0.3 is 4.74 Å². The van der Waals surface area contributed by atoms with E-state index in [0.29, 0.717) is 8.95 Å². The molecule has 0 fully saturated rings. The van der Waals surface area contributed by atoms with E-state index in [1.54, 1.807) is 6.92 Å². The molecule has 0 atom stereocenters. The van der Waals surface area contributed by atoms with Crippen molar-refractivity contribution in [3.8, 4) is 0 Å². The Morgan fingerprint density at radius 2 is 1.88 bits per heavy atom. The first-order chi connectivity index (χ1) is 7.47. The van der Waals surface area contributed by atoms with Crippen molar-refractivity contribution >= 4 is 43.6 Å². The van der Waals surface area contributed by atoms with Gasteiger partial charge in [0.05, 0.1) is 12.2 Å². The van der Waals surface area contributed by atoms with E-state index in [1.165, 1.54) is 6.07 Å². The number of carbonyl (C=O) groups excluding carboxylic acids is 2. The lowest BCUT2D eigenvalue weighted by molar-refractivity contribution is -0.137. The smallest absolute Gasteiger partial charge is 0.379 e. The number of ether oxygens (including phenoxy) is 1. The molecule has 86 valence electrons. The van der Waals surface area contributed by atoms with Crippen LogP contribution >= 0.6 is 31.9 Å². The van der Waals surface area contributed by atoms with Gasteiger partial charge >= 0.3 is 5.97 Å². The average Bonchev–Trinajstić information content (AvgIpc) is 2.23. The Hall–Kier alpha value is -0.750. The molecule has 0 unspecified atom stereocenters. The monoisotopic (exact) mass is 352 g/mol. The van der Waals surface area contributed by atoms with Crippen molar-refractivity contribution in [3.63, 3.8) is 0 Å². The Bertz CT molecular complexity index is 446. The van der Waals surface area contributed by atoms with E-state index in [9.17, 15) is 14.0 Å². The topological polar surface area (TPSA) is 43.4 Å². The van der Waals surface area contributed by atoms with Gasteiger partial charge in [0.1, 0.15) is 5.82 Å². The quantitative estimate of drug-likeness (QED) is 0.363. The number of hydrogen-bond acceptors (Lipinski definition) is 3. The van der Waals surface area contributed by atoms with E-state index in [-0.39, 0.29) is 12.2 Å². The zero-order valence-corrected chi connectivity index (χ0v) is 11.4. The minimum atomic E-state index is -1.06. The van der Waals surface area contributed by atoms with Crippen LogP contribution in [-0.2, 0) is 9.53 Å². The molecule has 1 aromatic carbocycles. The fourth-order valence-electron chi connectivity index (χ4n) is 1.00. The van der Waals surface area contributed by atoms with Crippen LogP contribution in [0, 0.1) is 5.82 Å². The lowest BCUT2D eigenvalue weighted by atomic mass is 10.1. The van der Waals surface area contributed by atoms with E-state index >= 15 is 0 Å². The number of benzene rings is 1. The Kier molecular flexibility index (Phi) is 4.61. The molecule has 6 heteroatoms. The standard InChI is InChI=1S/C10H7Br2FO3/c1-2-16-10(15)9(14)5-3-6(11)7(12)4-8(5)13/h3-4H,2H2,1H3. The summed E-state index contributed by atoms with van der Waals surface area (Å²) in [5.41, 5.74) is -0.312. The zero-order chi connectivity index (χ0) is 12.3. The van der Waals surface area contributed by atoms with Gasteiger partial charge in [0.15, 0.2) is 0 Å². The fourth-order valence-corrected chi connectivity index (χ4v) is 1.66. The first-order valence-corrected chi connectivity index (χ1v) is 5.92. The molecular formula is C10H7Br2FO3. The summed E-state index contributed by atoms with van der Waals surface area (Å²) >= 11 is 6.20. The summed E-state index contributed by atoms with van der Waals surface area (Å²) in [4.78, 5) is 22.6. The van der Waals surface area contributed by atoms with Gasteiger partial charge in [-0.25, -0.2) is 9.18 Å². The molecule has 0 bridgehead atoms. The Balaban J connectivity index is 3.09. The molecule has 16 heavy (non-hydrogen) atoms. The Morgan fingerprint density at radius 1 is 1.31 bits per heavy atom. The van der Waals surface area contributed by atoms with Crippen LogP contribution in [0.4, 0.5) is 4.39 Å². The maximum Gasteiger partial charge on any atom is 0.379 e. The maximum absolute atomic E-state index is 13.4. The number of halogens is 3. The SMILES string of the molecule is CCOC(=O)C(=O)c1cc(Br)c(Br)cc1F. The zero-order valence-electron chi connectivity index (χ0n) is 8.22. The van der Waals surface area contributed by atoms with Gasteiger partial charge in [-0.2, -0.15) is 0 Å². The highest BCUT2D eigenvalue weighted by atomic mass is 79.9. The molecule has 0 heterocycles. The summed E-state index contributed by atoms with van der Waals surface area (Å²) in [6.07, 6.45) is 0. The third-order valence-electron chi connectivity index (χ3n) is 1.72. The molecule has 1 rings (SSSR count). The highest BCUT2D eigenvalue weighted by Crippen LogP contribution is 2.26. The van der Waals surface area contributed by atoms with Crippen molar-refractivity contribution in [2.75, 3.05) is 6.61 Å². The predicted octanol–water partition coefficient (Wildman–Crippen LogP) is 3.10. The van der Waals surface area contributed by atoms with E-state index in [0.717, 1.165) is 6.07 Å². The lowest BCUT2D eigenvalue weighted by Gasteiger charge is -2.04. The molecule has 0 N–H and O–H groups in total. The third kappa shape index (κ3) is 2.89. The van der Waals surface area contributed by atoms with Crippen molar-refractivity contribution in [1.82, 2.24) is 0 Å². The molecule has 3 nitrogen and oxygen atoms in total. The van der Waals surface area contributed by atoms with Gasteiger partial charge in [0.25, 0.3) is 5.78 Å². The number of hydrogen-bond donors (Lipinski definition) is 0. The molecule has 0 saturated carbocycles. The molecule has 0 radical (unpaired) electrons. The van der Waals surface area contributed by atoms with Crippen molar-refractivity contribution < 1.29 is 18.7 Å². The summed E-state index contributed by atoms with van der Waals surface area (Å²) in [6.45, 7) is 1.64. The summed E-state index contributed by atoms with van der Waals surface area (Å²) < 4.78 is 18.9. The minimum absolute atomic E-state index is 0.0733. The molecule has 0 aromatic heterocycles. The van der Waals surface area contributed by atoms with E-state index in [2.05, 4.69) is 36.6 Å². The maximum atomic E-state index is 13.4. The number of ketones is 1. The highest BCUT2D eigenvalue weighted by molar-refractivity contribution is 9.13. The summed E-state index contributed by atoms with van der Waals surface area (Å²) in [7, 11) is 0. The second-order valence-corrected chi connectivity index (χ2v) is 4.50. The van der Waals surface area contributed by atoms with Crippen molar-refractivity contribution in [1.29, 1.82) is 0 Å². The predicted molar refractivity (Wildman–Crippen MR) is 62.8 cm³/mol. The van der Waals surface area contributed by atoms with Crippen LogP contribution in [0.15, 0.2) is 21.1 Å². The van der Waals surface area contributed by atoms with Crippen molar-refractivity contribution in [2.45, 2.75) is 6.92 Å². The first kappa shape index (κ1) is 13.3. The minimum Gasteiger partial charge on any atom is -0.460 e. The average molecular weight is 354 g/mol. The van der Waals surface area contributed by atoms with E-state index in [4.69, 9.17) is 0 Å². The van der Waals surface area contributed by atoms with Gasteiger partial charge in [-0.1, -0.05) is 0 Å². The molecule has 0 aliphatic heterocycles. The van der Waals surface area contributed by atoms with Crippen LogP contribution in [0.3, 0.4) is 0 Å². The van der Waals surface area contributed by atoms with Crippen molar-refractivity contribution in [2.24, 2.45) is 0 Å². The number of Topliss-reactive ketones (excluding diaryl/α,β-unsaturated/α-hetero) is 1. The van der Waals surface area contributed by atoms with Crippen LogP contribution in [0.5, 0.6) is 0 Å². The molecule has 0 aliphatic carbocycles. The number of carbonyl (C=O) groups is 2. The van der Waals surface area contributed by atoms with Crippen LogP contribution in [0.25, 0.3) is 0 Å². The summed E-state index contributed by atoms with van der Waals surface area (Å²) in [5.74, 6) is -2.82. The normalized spacial score (nSPS) is 10.0. The van der Waals surface area contributed by atoms with E-state index in [1.807, 2.05) is 0 Å². The lowest BCUT2D eigenvalue weighted by Crippen LogP contribution is -2.18. The molecule has 0 saturated heterocycles. The van der Waals surface area contributed by atoms with Gasteiger partial charge in [0.2, 0.25) is 0 Å². The second-order valence-electron chi connectivity index (χ2n) is 2.80.